The normalized spacial score (nSPS) is 39.4. The molecule has 1 amide bonds. The minimum atomic E-state index is -0.728. The predicted molar refractivity (Wildman–Crippen MR) is 116 cm³/mol. The van der Waals surface area contributed by atoms with Gasteiger partial charge < -0.3 is 31.6 Å². The van der Waals surface area contributed by atoms with Gasteiger partial charge in [-0.2, -0.15) is 5.26 Å². The van der Waals surface area contributed by atoms with E-state index in [2.05, 4.69) is 28.5 Å². The molecule has 4 aliphatic heterocycles. The molecule has 0 bridgehead atoms. The maximum absolute atomic E-state index is 13.4. The zero-order valence-electron chi connectivity index (χ0n) is 18.6. The molecule has 7 unspecified atom stereocenters. The van der Waals surface area contributed by atoms with Gasteiger partial charge >= 0.3 is 0 Å². The maximum Gasteiger partial charge on any atom is 0.228 e. The summed E-state index contributed by atoms with van der Waals surface area (Å²) < 4.78 is 11.8. The summed E-state index contributed by atoms with van der Waals surface area (Å²) in [5.74, 6) is -0.196. The summed E-state index contributed by atoms with van der Waals surface area (Å²) >= 11 is 0. The fourth-order valence-electron chi connectivity index (χ4n) is 5.89. The smallest absolute Gasteiger partial charge is 0.228 e. The minimum absolute atomic E-state index is 0.0136. The van der Waals surface area contributed by atoms with Crippen molar-refractivity contribution >= 4 is 5.91 Å². The number of nitrogens with one attached hydrogen (secondary N) is 2. The molecule has 0 aromatic rings. The van der Waals surface area contributed by atoms with Gasteiger partial charge in [0.25, 0.3) is 0 Å². The molecule has 6 N–H and O–H groups in total. The second-order valence-electron chi connectivity index (χ2n) is 9.92. The van der Waals surface area contributed by atoms with Gasteiger partial charge in [0.05, 0.1) is 36.4 Å². The van der Waals surface area contributed by atoms with Crippen LogP contribution in [0.25, 0.3) is 0 Å². The third-order valence-electron chi connectivity index (χ3n) is 7.79. The van der Waals surface area contributed by atoms with Crippen LogP contribution in [-0.2, 0) is 14.3 Å². The zero-order chi connectivity index (χ0) is 22.0. The van der Waals surface area contributed by atoms with E-state index in [1.165, 1.54) is 0 Å². The molecule has 0 radical (unpaired) electrons. The van der Waals surface area contributed by atoms with E-state index in [1.54, 1.807) is 0 Å². The second-order valence-corrected chi connectivity index (χ2v) is 9.92. The van der Waals surface area contributed by atoms with E-state index in [9.17, 15) is 4.79 Å². The molecule has 4 aliphatic rings. The van der Waals surface area contributed by atoms with Crippen molar-refractivity contribution in [3.63, 3.8) is 0 Å². The van der Waals surface area contributed by atoms with Crippen LogP contribution in [0.5, 0.6) is 0 Å². The summed E-state index contributed by atoms with van der Waals surface area (Å²) in [6, 6.07) is 2.22. The monoisotopic (exact) mass is 434 g/mol. The molecule has 7 atom stereocenters. The van der Waals surface area contributed by atoms with Gasteiger partial charge in [-0.15, -0.1) is 0 Å². The highest BCUT2D eigenvalue weighted by Crippen LogP contribution is 2.53. The van der Waals surface area contributed by atoms with E-state index in [4.69, 9.17) is 26.2 Å². The van der Waals surface area contributed by atoms with Crippen LogP contribution in [0.1, 0.15) is 45.4 Å². The fraction of sp³-hybridized carbons (Fsp3) is 0.909. The Morgan fingerprint density at radius 3 is 2.84 bits per heavy atom. The van der Waals surface area contributed by atoms with Crippen molar-refractivity contribution in [2.24, 2.45) is 23.3 Å². The van der Waals surface area contributed by atoms with Crippen LogP contribution in [-0.4, -0.2) is 79.7 Å². The number of fused-ring (bicyclic) bond motifs is 1. The van der Waals surface area contributed by atoms with Gasteiger partial charge in [-0.1, -0.05) is 0 Å². The molecular weight excluding hydrogens is 396 g/mol. The summed E-state index contributed by atoms with van der Waals surface area (Å²) in [6.45, 7) is 6.07. The lowest BCUT2D eigenvalue weighted by Crippen LogP contribution is -2.59. The van der Waals surface area contributed by atoms with E-state index < -0.39 is 12.1 Å². The Balaban J connectivity index is 1.39. The molecule has 0 aliphatic carbocycles. The van der Waals surface area contributed by atoms with Crippen LogP contribution in [0.15, 0.2) is 0 Å². The number of nitrogens with two attached hydrogens (primary N) is 2. The van der Waals surface area contributed by atoms with E-state index >= 15 is 0 Å². The summed E-state index contributed by atoms with van der Waals surface area (Å²) in [5, 5.41) is 15.7. The van der Waals surface area contributed by atoms with Crippen LogP contribution >= 0.6 is 0 Å². The van der Waals surface area contributed by atoms with Crippen molar-refractivity contribution in [3.8, 4) is 6.07 Å². The van der Waals surface area contributed by atoms with Crippen LogP contribution in [0.3, 0.4) is 0 Å². The molecule has 9 nitrogen and oxygen atoms in total. The van der Waals surface area contributed by atoms with E-state index in [0.29, 0.717) is 18.9 Å². The molecule has 174 valence electrons. The van der Waals surface area contributed by atoms with Crippen LogP contribution < -0.4 is 22.1 Å². The van der Waals surface area contributed by atoms with Gasteiger partial charge in [0.15, 0.2) is 0 Å². The average Bonchev–Trinajstić information content (AvgIpc) is 3.34. The summed E-state index contributed by atoms with van der Waals surface area (Å²) in [5.41, 5.74) is 12.3. The first-order valence-corrected chi connectivity index (χ1v) is 11.8. The van der Waals surface area contributed by atoms with Gasteiger partial charge in [0, 0.05) is 44.3 Å². The number of carbonyl (C=O) groups is 1. The number of amides is 1. The van der Waals surface area contributed by atoms with Gasteiger partial charge in [-0.3, -0.25) is 9.69 Å². The second kappa shape index (κ2) is 9.69. The Kier molecular flexibility index (Phi) is 7.16. The number of hydrogen-bond acceptors (Lipinski definition) is 8. The molecule has 9 heteroatoms. The first-order valence-electron chi connectivity index (χ1n) is 11.8. The number of rotatable bonds is 7. The Morgan fingerprint density at radius 2 is 2.13 bits per heavy atom. The lowest BCUT2D eigenvalue weighted by molar-refractivity contribution is -0.130. The Bertz CT molecular complexity index is 679. The van der Waals surface area contributed by atoms with Crippen molar-refractivity contribution < 1.29 is 14.3 Å². The Morgan fingerprint density at radius 1 is 1.35 bits per heavy atom. The lowest BCUT2D eigenvalue weighted by Gasteiger charge is -2.37. The zero-order valence-corrected chi connectivity index (χ0v) is 18.6. The van der Waals surface area contributed by atoms with Crippen LogP contribution in [0.4, 0.5) is 0 Å². The number of piperidine rings is 2. The maximum atomic E-state index is 13.4. The quantitative estimate of drug-likeness (QED) is 0.315. The van der Waals surface area contributed by atoms with Crippen molar-refractivity contribution in [3.05, 3.63) is 0 Å². The molecular formula is C22H38N6O3. The summed E-state index contributed by atoms with van der Waals surface area (Å²) in [4.78, 5) is 15.7. The molecule has 0 aromatic carbocycles. The van der Waals surface area contributed by atoms with Crippen molar-refractivity contribution in [1.82, 2.24) is 15.5 Å². The summed E-state index contributed by atoms with van der Waals surface area (Å²) in [6.07, 6.45) is 4.67. The molecule has 4 saturated heterocycles. The molecule has 31 heavy (non-hydrogen) atoms. The van der Waals surface area contributed by atoms with Crippen molar-refractivity contribution in [2.75, 3.05) is 32.8 Å². The first kappa shape index (κ1) is 22.9. The molecule has 0 aromatic heterocycles. The number of nitrogens with zero attached hydrogens (tertiary/aromatic N) is 2. The van der Waals surface area contributed by atoms with E-state index in [1.807, 2.05) is 0 Å². The number of carbonyl (C=O) groups excluding carboxylic acids is 1. The minimum Gasteiger partial charge on any atom is -0.381 e. The highest BCUT2D eigenvalue weighted by Gasteiger charge is 2.65. The number of hydrogen-bond donors (Lipinski definition) is 4. The van der Waals surface area contributed by atoms with Crippen LogP contribution in [0.2, 0.25) is 0 Å². The van der Waals surface area contributed by atoms with E-state index in [0.717, 1.165) is 58.4 Å². The van der Waals surface area contributed by atoms with Gasteiger partial charge in [-0.05, 0) is 51.5 Å². The van der Waals surface area contributed by atoms with Crippen LogP contribution in [0, 0.1) is 23.2 Å². The number of nitriles is 1. The molecule has 4 heterocycles. The third-order valence-corrected chi connectivity index (χ3v) is 7.79. The first-order chi connectivity index (χ1) is 14.9. The molecule has 4 rings (SSSR count). The largest absolute Gasteiger partial charge is 0.381 e. The highest BCUT2D eigenvalue weighted by atomic mass is 16.5. The fourth-order valence-corrected chi connectivity index (χ4v) is 5.89. The topological polar surface area (TPSA) is 138 Å². The number of ether oxygens (including phenoxy) is 2. The van der Waals surface area contributed by atoms with Gasteiger partial charge in [0.1, 0.15) is 0 Å². The lowest BCUT2D eigenvalue weighted by atomic mass is 9.86. The average molecular weight is 435 g/mol. The Hall–Kier alpha value is -1.28. The van der Waals surface area contributed by atoms with Gasteiger partial charge in [0.2, 0.25) is 5.91 Å². The van der Waals surface area contributed by atoms with E-state index in [-0.39, 0.29) is 35.7 Å². The SMILES string of the molecule is CC12CCC(CC#N)CN1C2C(C(=O)NC1CNCCC1OC1CCOCC1)C(N)N. The van der Waals surface area contributed by atoms with Crippen molar-refractivity contribution in [1.29, 1.82) is 5.26 Å². The highest BCUT2D eigenvalue weighted by molar-refractivity contribution is 5.81. The molecule has 0 saturated carbocycles. The molecule has 4 fully saturated rings. The van der Waals surface area contributed by atoms with Gasteiger partial charge in [-0.25, -0.2) is 0 Å². The third kappa shape index (κ3) is 4.90. The van der Waals surface area contributed by atoms with Crippen molar-refractivity contribution in [2.45, 2.75) is 81.4 Å². The predicted octanol–water partition coefficient (Wildman–Crippen LogP) is -0.345. The Labute approximate surface area is 185 Å². The summed E-state index contributed by atoms with van der Waals surface area (Å²) in [7, 11) is 0. The molecule has 0 spiro atoms. The standard InChI is InChI=1S/C22H38N6O3/c1-22-7-2-14(3-8-23)13-28(22)19(22)18(20(24)25)21(29)27-16-12-26-9-4-17(16)31-15-5-10-30-11-6-15/h14-20,26H,2-7,9-13,24-25H2,1H3,(H,27,29).